The smallest absolute Gasteiger partial charge is 0.335 e. The topological polar surface area (TPSA) is 66.8 Å². The average molecular weight is 265 g/mol. The lowest BCUT2D eigenvalue weighted by Crippen LogP contribution is -2.32. The molecule has 0 bridgehead atoms. The highest BCUT2D eigenvalue weighted by atomic mass is 16.5. The summed E-state index contributed by atoms with van der Waals surface area (Å²) in [5, 5.41) is 8.75. The number of amides is 1. The van der Waals surface area contributed by atoms with Crippen molar-refractivity contribution in [3.05, 3.63) is 29.8 Å². The van der Waals surface area contributed by atoms with E-state index in [1.807, 2.05) is 0 Å². The van der Waals surface area contributed by atoms with Gasteiger partial charge in [-0.2, -0.15) is 0 Å². The van der Waals surface area contributed by atoms with Gasteiger partial charge >= 0.3 is 5.97 Å². The summed E-state index contributed by atoms with van der Waals surface area (Å²) in [7, 11) is 1.74. The average Bonchev–Trinajstić information content (AvgIpc) is 2.42. The molecule has 0 aromatic heterocycles. The third-order valence-electron chi connectivity index (χ3n) is 2.74. The lowest BCUT2D eigenvalue weighted by molar-refractivity contribution is -0.132. The Bertz CT molecular complexity index is 428. The molecule has 19 heavy (non-hydrogen) atoms. The fraction of sp³-hybridized carbons (Fsp3) is 0.429. The summed E-state index contributed by atoms with van der Waals surface area (Å²) in [5.74, 6) is -0.583. The number of carbonyl (C=O) groups excluding carboxylic acids is 1. The number of ether oxygens (including phenoxy) is 1. The molecular weight excluding hydrogens is 246 g/mol. The van der Waals surface area contributed by atoms with Gasteiger partial charge in [-0.25, -0.2) is 4.79 Å². The molecule has 0 aliphatic carbocycles. The maximum Gasteiger partial charge on any atom is 0.335 e. The van der Waals surface area contributed by atoms with Crippen molar-refractivity contribution in [1.29, 1.82) is 0 Å². The van der Waals surface area contributed by atoms with E-state index >= 15 is 0 Å². The third kappa shape index (κ3) is 4.99. The highest BCUT2D eigenvalue weighted by Crippen LogP contribution is 2.12. The summed E-state index contributed by atoms with van der Waals surface area (Å²) in [6.07, 6.45) is 2.00. The Morgan fingerprint density at radius 3 is 2.42 bits per heavy atom. The molecule has 0 atom stereocenters. The van der Waals surface area contributed by atoms with Crippen molar-refractivity contribution in [2.24, 2.45) is 0 Å². The van der Waals surface area contributed by atoms with Crippen LogP contribution in [-0.4, -0.2) is 42.1 Å². The summed E-state index contributed by atoms with van der Waals surface area (Å²) in [6.45, 7) is 2.75. The Kier molecular flexibility index (Phi) is 5.85. The lowest BCUT2D eigenvalue weighted by Gasteiger charge is -2.16. The van der Waals surface area contributed by atoms with Crippen LogP contribution in [-0.2, 0) is 4.79 Å². The first-order valence-corrected chi connectivity index (χ1v) is 6.24. The van der Waals surface area contributed by atoms with Crippen LogP contribution in [0.15, 0.2) is 24.3 Å². The summed E-state index contributed by atoms with van der Waals surface area (Å²) in [5.41, 5.74) is 0.193. The summed E-state index contributed by atoms with van der Waals surface area (Å²) in [6, 6.07) is 5.98. The first-order valence-electron chi connectivity index (χ1n) is 6.24. The van der Waals surface area contributed by atoms with Crippen molar-refractivity contribution in [2.75, 3.05) is 20.2 Å². The van der Waals surface area contributed by atoms with Crippen LogP contribution in [0, 0.1) is 0 Å². The predicted octanol–water partition coefficient (Wildman–Crippen LogP) is 2.02. The molecule has 1 N–H and O–H groups in total. The second-order valence-electron chi connectivity index (χ2n) is 4.29. The molecule has 1 aromatic rings. The Morgan fingerprint density at radius 1 is 1.26 bits per heavy atom. The van der Waals surface area contributed by atoms with Crippen molar-refractivity contribution in [3.8, 4) is 5.75 Å². The monoisotopic (exact) mass is 265 g/mol. The maximum absolute atomic E-state index is 11.7. The van der Waals surface area contributed by atoms with E-state index in [9.17, 15) is 9.59 Å². The molecule has 0 saturated carbocycles. The van der Waals surface area contributed by atoms with E-state index in [0.717, 1.165) is 19.4 Å². The summed E-state index contributed by atoms with van der Waals surface area (Å²) < 4.78 is 5.32. The second-order valence-corrected chi connectivity index (χ2v) is 4.29. The minimum atomic E-state index is -0.984. The standard InChI is InChI=1S/C14H19NO4/c1-3-4-9-15(2)13(16)10-19-12-7-5-11(6-8-12)14(17)18/h5-8H,3-4,9-10H2,1-2H3,(H,17,18). The van der Waals surface area contributed by atoms with Crippen molar-refractivity contribution in [3.63, 3.8) is 0 Å². The Labute approximate surface area is 112 Å². The first kappa shape index (κ1) is 15.0. The van der Waals surface area contributed by atoms with Gasteiger partial charge in [-0.15, -0.1) is 0 Å². The van der Waals surface area contributed by atoms with Crippen LogP contribution in [0.2, 0.25) is 0 Å². The van der Waals surface area contributed by atoms with E-state index in [-0.39, 0.29) is 18.1 Å². The van der Waals surface area contributed by atoms with Crippen molar-refractivity contribution in [1.82, 2.24) is 4.90 Å². The van der Waals surface area contributed by atoms with Gasteiger partial charge in [0.15, 0.2) is 6.61 Å². The van der Waals surface area contributed by atoms with Gasteiger partial charge in [-0.1, -0.05) is 13.3 Å². The SMILES string of the molecule is CCCCN(C)C(=O)COc1ccc(C(=O)O)cc1. The quantitative estimate of drug-likeness (QED) is 0.819. The van der Waals surface area contributed by atoms with Crippen molar-refractivity contribution in [2.45, 2.75) is 19.8 Å². The van der Waals surface area contributed by atoms with Gasteiger partial charge in [0, 0.05) is 13.6 Å². The van der Waals surface area contributed by atoms with Crippen LogP contribution in [0.3, 0.4) is 0 Å². The fourth-order valence-corrected chi connectivity index (χ4v) is 1.47. The number of nitrogens with zero attached hydrogens (tertiary/aromatic N) is 1. The van der Waals surface area contributed by atoms with E-state index < -0.39 is 5.97 Å². The third-order valence-corrected chi connectivity index (χ3v) is 2.74. The molecule has 0 aliphatic heterocycles. The molecule has 0 spiro atoms. The zero-order valence-corrected chi connectivity index (χ0v) is 11.3. The minimum absolute atomic E-state index is 0.0351. The molecule has 5 nitrogen and oxygen atoms in total. The number of likely N-dealkylation sites (N-methyl/N-ethyl adjacent to an activating group) is 1. The summed E-state index contributed by atoms with van der Waals surface area (Å²) in [4.78, 5) is 24.0. The van der Waals surface area contributed by atoms with Gasteiger partial charge in [-0.05, 0) is 30.7 Å². The Hall–Kier alpha value is -2.04. The molecule has 104 valence electrons. The fourth-order valence-electron chi connectivity index (χ4n) is 1.47. The van der Waals surface area contributed by atoms with Crippen LogP contribution in [0.5, 0.6) is 5.75 Å². The Balaban J connectivity index is 2.43. The number of hydrogen-bond donors (Lipinski definition) is 1. The molecule has 1 rings (SSSR count). The molecule has 0 radical (unpaired) electrons. The van der Waals surface area contributed by atoms with Crippen LogP contribution in [0.1, 0.15) is 30.1 Å². The molecular formula is C14H19NO4. The number of carboxylic acids is 1. The zero-order valence-electron chi connectivity index (χ0n) is 11.3. The van der Waals surface area contributed by atoms with Crippen molar-refractivity contribution < 1.29 is 19.4 Å². The number of rotatable bonds is 7. The number of hydrogen-bond acceptors (Lipinski definition) is 3. The Morgan fingerprint density at radius 2 is 1.89 bits per heavy atom. The highest BCUT2D eigenvalue weighted by Gasteiger charge is 2.09. The predicted molar refractivity (Wildman–Crippen MR) is 71.4 cm³/mol. The van der Waals surface area contributed by atoms with Gasteiger partial charge in [0.25, 0.3) is 5.91 Å². The number of carbonyl (C=O) groups is 2. The molecule has 5 heteroatoms. The summed E-state index contributed by atoms with van der Waals surface area (Å²) >= 11 is 0. The maximum atomic E-state index is 11.7. The first-order chi connectivity index (χ1) is 9.04. The van der Waals surface area contributed by atoms with E-state index in [4.69, 9.17) is 9.84 Å². The molecule has 1 amide bonds. The second kappa shape index (κ2) is 7.41. The number of carboxylic acid groups (broad SMARTS) is 1. The number of unbranched alkanes of at least 4 members (excludes halogenated alkanes) is 1. The molecule has 0 aliphatic rings. The number of benzene rings is 1. The molecule has 0 unspecified atom stereocenters. The number of aromatic carboxylic acids is 1. The van der Waals surface area contributed by atoms with E-state index in [2.05, 4.69) is 6.92 Å². The van der Waals surface area contributed by atoms with Gasteiger partial charge < -0.3 is 14.7 Å². The van der Waals surface area contributed by atoms with Crippen molar-refractivity contribution >= 4 is 11.9 Å². The lowest BCUT2D eigenvalue weighted by atomic mass is 10.2. The van der Waals surface area contributed by atoms with E-state index in [1.165, 1.54) is 12.1 Å². The van der Waals surface area contributed by atoms with Gasteiger partial charge in [0.1, 0.15) is 5.75 Å². The van der Waals surface area contributed by atoms with Gasteiger partial charge in [0.2, 0.25) is 0 Å². The van der Waals surface area contributed by atoms with Gasteiger partial charge in [-0.3, -0.25) is 4.79 Å². The van der Waals surface area contributed by atoms with Crippen LogP contribution >= 0.6 is 0 Å². The van der Waals surface area contributed by atoms with E-state index in [0.29, 0.717) is 5.75 Å². The largest absolute Gasteiger partial charge is 0.484 e. The normalized spacial score (nSPS) is 10.0. The van der Waals surface area contributed by atoms with Crippen LogP contribution in [0.25, 0.3) is 0 Å². The molecule has 0 saturated heterocycles. The van der Waals surface area contributed by atoms with Crippen LogP contribution < -0.4 is 4.74 Å². The molecule has 0 fully saturated rings. The molecule has 0 heterocycles. The molecule has 1 aromatic carbocycles. The van der Waals surface area contributed by atoms with Gasteiger partial charge in [0.05, 0.1) is 5.56 Å². The van der Waals surface area contributed by atoms with E-state index in [1.54, 1.807) is 24.1 Å². The van der Waals surface area contributed by atoms with Crippen LogP contribution in [0.4, 0.5) is 0 Å². The highest BCUT2D eigenvalue weighted by molar-refractivity contribution is 5.87. The minimum Gasteiger partial charge on any atom is -0.484 e. The zero-order chi connectivity index (χ0) is 14.3.